The molecule has 7 heteroatoms. The van der Waals surface area contributed by atoms with Gasteiger partial charge in [-0.3, -0.25) is 0 Å². The fraction of sp³-hybridized carbons (Fsp3) is 0.125. The van der Waals surface area contributed by atoms with Crippen molar-refractivity contribution in [2.45, 2.75) is 4.90 Å². The van der Waals surface area contributed by atoms with Crippen LogP contribution >= 0.6 is 11.6 Å². The Balaban J connectivity index is 3.40. The van der Waals surface area contributed by atoms with Crippen molar-refractivity contribution in [2.75, 3.05) is 7.11 Å². The molecule has 0 spiro atoms. The molecule has 0 saturated heterocycles. The summed E-state index contributed by atoms with van der Waals surface area (Å²) in [6, 6.07) is 4.55. The van der Waals surface area contributed by atoms with Gasteiger partial charge in [-0.2, -0.15) is 0 Å². The van der Waals surface area contributed by atoms with E-state index in [0.29, 0.717) is 0 Å². The highest BCUT2D eigenvalue weighted by Crippen LogP contribution is 2.22. The van der Waals surface area contributed by atoms with E-state index in [1.165, 1.54) is 25.5 Å². The quantitative estimate of drug-likeness (QED) is 0.639. The lowest BCUT2D eigenvalue weighted by Gasteiger charge is -2.04. The third kappa shape index (κ3) is 2.92. The summed E-state index contributed by atoms with van der Waals surface area (Å²) in [5.41, 5.74) is 0.284. The first-order valence-electron chi connectivity index (χ1n) is 3.84. The Labute approximate surface area is 92.5 Å². The maximum atomic E-state index is 11.2. The van der Waals surface area contributed by atoms with E-state index in [2.05, 4.69) is 9.99 Å². The Kier molecular flexibility index (Phi) is 3.67. The third-order valence-corrected chi connectivity index (χ3v) is 3.03. The molecule has 0 aromatic heterocycles. The number of hydrogen-bond donors (Lipinski definition) is 1. The van der Waals surface area contributed by atoms with Crippen molar-refractivity contribution in [2.24, 2.45) is 10.3 Å². The molecule has 0 unspecified atom stereocenters. The van der Waals surface area contributed by atoms with Gasteiger partial charge in [0, 0.05) is 5.56 Å². The number of nitrogens with zero attached hydrogens (tertiary/aromatic N) is 1. The molecule has 0 amide bonds. The molecule has 5 nitrogen and oxygen atoms in total. The maximum absolute atomic E-state index is 11.2. The van der Waals surface area contributed by atoms with Gasteiger partial charge in [-0.15, -0.1) is 0 Å². The molecule has 0 aliphatic carbocycles. The van der Waals surface area contributed by atoms with Gasteiger partial charge in [0.15, 0.2) is 0 Å². The van der Waals surface area contributed by atoms with Gasteiger partial charge >= 0.3 is 0 Å². The average molecular weight is 249 g/mol. The van der Waals surface area contributed by atoms with E-state index in [4.69, 9.17) is 16.7 Å². The molecule has 0 saturated carbocycles. The molecule has 1 rings (SSSR count). The highest BCUT2D eigenvalue weighted by atomic mass is 35.5. The number of halogens is 1. The van der Waals surface area contributed by atoms with Crippen molar-refractivity contribution in [3.8, 4) is 0 Å². The normalized spacial score (nSPS) is 11.9. The minimum atomic E-state index is -3.87. The molecule has 15 heavy (non-hydrogen) atoms. The summed E-state index contributed by atoms with van der Waals surface area (Å²) < 4.78 is 22.5. The Morgan fingerprint density at radius 1 is 1.53 bits per heavy atom. The second-order valence-electron chi connectivity index (χ2n) is 2.62. The van der Waals surface area contributed by atoms with Crippen LogP contribution in [0.5, 0.6) is 0 Å². The van der Waals surface area contributed by atoms with Gasteiger partial charge in [0.25, 0.3) is 0 Å². The van der Waals surface area contributed by atoms with Gasteiger partial charge in [0.05, 0.1) is 11.2 Å². The van der Waals surface area contributed by atoms with Gasteiger partial charge in [-0.25, -0.2) is 13.6 Å². The maximum Gasteiger partial charge on any atom is 0.240 e. The standard InChI is InChI=1S/C8H9ClN2O3S/c1-14-11-5-6-3-2-4-7(9)8(6)15(10,12)13/h2-5H,1H3,(H2,10,12,13)/b11-5+. The van der Waals surface area contributed by atoms with Gasteiger partial charge < -0.3 is 4.84 Å². The van der Waals surface area contributed by atoms with Crippen LogP contribution in [0, 0.1) is 0 Å². The fourth-order valence-electron chi connectivity index (χ4n) is 1.04. The van der Waals surface area contributed by atoms with Crippen molar-refractivity contribution in [3.05, 3.63) is 28.8 Å². The molecule has 0 heterocycles. The van der Waals surface area contributed by atoms with Gasteiger partial charge in [-0.1, -0.05) is 28.9 Å². The Hall–Kier alpha value is -1.11. The van der Waals surface area contributed by atoms with Crippen LogP contribution in [0.2, 0.25) is 5.02 Å². The first kappa shape index (κ1) is 12.0. The molecule has 82 valence electrons. The lowest BCUT2D eigenvalue weighted by atomic mass is 10.2. The monoisotopic (exact) mass is 248 g/mol. The minimum Gasteiger partial charge on any atom is -0.399 e. The number of hydrogen-bond acceptors (Lipinski definition) is 4. The van der Waals surface area contributed by atoms with Crippen LogP contribution in [0.1, 0.15) is 5.56 Å². The van der Waals surface area contributed by atoms with Gasteiger partial charge in [0.1, 0.15) is 12.0 Å². The Bertz CT molecular complexity index is 485. The van der Waals surface area contributed by atoms with Crippen molar-refractivity contribution in [3.63, 3.8) is 0 Å². The first-order valence-corrected chi connectivity index (χ1v) is 5.77. The molecule has 0 aliphatic heterocycles. The smallest absolute Gasteiger partial charge is 0.240 e. The van der Waals surface area contributed by atoms with Crippen molar-refractivity contribution >= 4 is 27.8 Å². The van der Waals surface area contributed by atoms with Crippen LogP contribution in [-0.4, -0.2) is 21.7 Å². The van der Waals surface area contributed by atoms with Crippen LogP contribution in [-0.2, 0) is 14.9 Å². The van der Waals surface area contributed by atoms with Crippen LogP contribution < -0.4 is 5.14 Å². The van der Waals surface area contributed by atoms with Crippen molar-refractivity contribution in [1.82, 2.24) is 0 Å². The van der Waals surface area contributed by atoms with E-state index in [9.17, 15) is 8.42 Å². The number of rotatable bonds is 3. The van der Waals surface area contributed by atoms with Crippen LogP contribution in [0.15, 0.2) is 28.3 Å². The Morgan fingerprint density at radius 3 is 2.73 bits per heavy atom. The molecule has 0 fully saturated rings. The summed E-state index contributed by atoms with van der Waals surface area (Å²) in [5, 5.41) is 8.52. The van der Waals surface area contributed by atoms with E-state index in [1.54, 1.807) is 6.07 Å². The minimum absolute atomic E-state index is 0.0533. The van der Waals surface area contributed by atoms with Crippen LogP contribution in [0.4, 0.5) is 0 Å². The molecular formula is C8H9ClN2O3S. The molecule has 0 aliphatic rings. The van der Waals surface area contributed by atoms with Crippen molar-refractivity contribution in [1.29, 1.82) is 0 Å². The topological polar surface area (TPSA) is 81.8 Å². The molecule has 0 bridgehead atoms. The van der Waals surface area contributed by atoms with E-state index in [-0.39, 0.29) is 15.5 Å². The van der Waals surface area contributed by atoms with E-state index in [0.717, 1.165) is 0 Å². The van der Waals surface area contributed by atoms with E-state index < -0.39 is 10.0 Å². The molecule has 2 N–H and O–H groups in total. The highest BCUT2D eigenvalue weighted by Gasteiger charge is 2.16. The second-order valence-corrected chi connectivity index (χ2v) is 4.53. The number of benzene rings is 1. The molecule has 1 aromatic rings. The zero-order chi connectivity index (χ0) is 11.5. The van der Waals surface area contributed by atoms with Gasteiger partial charge in [-0.05, 0) is 6.07 Å². The summed E-state index contributed by atoms with van der Waals surface area (Å²) in [6.45, 7) is 0. The summed E-state index contributed by atoms with van der Waals surface area (Å²) in [7, 11) is -2.53. The predicted octanol–water partition coefficient (Wildman–Crippen LogP) is 0.968. The lowest BCUT2D eigenvalue weighted by molar-refractivity contribution is 0.215. The number of sulfonamides is 1. The Morgan fingerprint density at radius 2 is 2.20 bits per heavy atom. The van der Waals surface area contributed by atoms with Gasteiger partial charge in [0.2, 0.25) is 10.0 Å². The van der Waals surface area contributed by atoms with E-state index >= 15 is 0 Å². The summed E-state index contributed by atoms with van der Waals surface area (Å²) in [6.07, 6.45) is 1.23. The van der Waals surface area contributed by atoms with Crippen molar-refractivity contribution < 1.29 is 13.3 Å². The first-order chi connectivity index (χ1) is 6.96. The summed E-state index contributed by atoms with van der Waals surface area (Å²) >= 11 is 5.73. The van der Waals surface area contributed by atoms with Crippen LogP contribution in [0.3, 0.4) is 0 Å². The van der Waals surface area contributed by atoms with E-state index in [1.807, 2.05) is 0 Å². The lowest BCUT2D eigenvalue weighted by Crippen LogP contribution is -2.15. The number of primary sulfonamides is 1. The number of nitrogens with two attached hydrogens (primary N) is 1. The average Bonchev–Trinajstić information content (AvgIpc) is 2.12. The second kappa shape index (κ2) is 4.61. The highest BCUT2D eigenvalue weighted by molar-refractivity contribution is 7.89. The molecule has 1 aromatic carbocycles. The third-order valence-electron chi connectivity index (χ3n) is 1.58. The largest absolute Gasteiger partial charge is 0.399 e. The summed E-state index contributed by atoms with van der Waals surface area (Å²) in [4.78, 5) is 4.28. The zero-order valence-electron chi connectivity index (χ0n) is 7.84. The summed E-state index contributed by atoms with van der Waals surface area (Å²) in [5.74, 6) is 0. The van der Waals surface area contributed by atoms with Crippen LogP contribution in [0.25, 0.3) is 0 Å². The molecular weight excluding hydrogens is 240 g/mol. The molecule has 0 atom stereocenters. The number of oxime groups is 1. The zero-order valence-corrected chi connectivity index (χ0v) is 9.42. The fourth-order valence-corrected chi connectivity index (χ4v) is 2.33. The molecule has 0 radical (unpaired) electrons. The predicted molar refractivity (Wildman–Crippen MR) is 57.4 cm³/mol. The SMILES string of the molecule is CO/N=C/c1cccc(Cl)c1S(N)(=O)=O.